The zero-order valence-corrected chi connectivity index (χ0v) is 54.1. The van der Waals surface area contributed by atoms with E-state index in [1.54, 1.807) is 24.3 Å². The van der Waals surface area contributed by atoms with Gasteiger partial charge in [-0.05, 0) is 125 Å². The molecule has 0 aliphatic heterocycles. The summed E-state index contributed by atoms with van der Waals surface area (Å²) in [5.74, 6) is -4.23. The third kappa shape index (κ3) is 16.9. The van der Waals surface area contributed by atoms with Crippen molar-refractivity contribution < 1.29 is 45.9 Å². The van der Waals surface area contributed by atoms with E-state index in [0.29, 0.717) is 31.2 Å². The van der Waals surface area contributed by atoms with Gasteiger partial charge in [0.1, 0.15) is 59.8 Å². The maximum absolute atomic E-state index is 14.4. The standard InChI is InChI=1S/C25H26F2N2OSi.C19H12F2N2.C19H23IN2OSi.C6H5BF2O2/c1-31(2,3)15-14-30-17-29-23-13-12-19(24-21(26)10-7-11-22(24)27)16-20(23)25(28-29)18-8-5-4-6-9-18;20-15-7-4-8-16(21)18(15)13-9-10-17-14(11-13)19(23-22-17)12-5-2-1-3-6-12;1-24(2,3)12-11-23-14-22-18-10-9-16(20)13-17(18)19(21-22)15-7-5-4-6-8-15;8-4-2-1-3-5(9)6(4)7(10)11/h4-13,16H,14-15,17H2,1-3H3;1-11H,(H,22,23);4-10,13H,11-12,14H2,1-3H3;1-3,10-11H. The smallest absolute Gasteiger partial charge is 0.423 e. The summed E-state index contributed by atoms with van der Waals surface area (Å²) in [6.07, 6.45) is 0. The van der Waals surface area contributed by atoms with E-state index < -0.39 is 63.6 Å². The number of hydrogen-bond acceptors (Lipinski definition) is 7. The highest BCUT2D eigenvalue weighted by Gasteiger charge is 2.22. The fourth-order valence-corrected chi connectivity index (χ4v) is 11.7. The Morgan fingerprint density at radius 2 is 0.820 bits per heavy atom. The van der Waals surface area contributed by atoms with Crippen LogP contribution in [0.25, 0.3) is 88.7 Å². The maximum Gasteiger partial charge on any atom is 0.494 e. The van der Waals surface area contributed by atoms with Gasteiger partial charge in [-0.1, -0.05) is 161 Å². The number of ether oxygens (including phenoxy) is 2. The van der Waals surface area contributed by atoms with Crippen molar-refractivity contribution in [1.82, 2.24) is 29.8 Å². The molecule has 10 nitrogen and oxygen atoms in total. The number of benzene rings is 9. The molecule has 0 aliphatic carbocycles. The largest absolute Gasteiger partial charge is 0.494 e. The van der Waals surface area contributed by atoms with Gasteiger partial charge in [0.2, 0.25) is 0 Å². The van der Waals surface area contributed by atoms with E-state index in [2.05, 4.69) is 115 Å². The molecule has 0 saturated heterocycles. The Morgan fingerprint density at radius 1 is 0.438 bits per heavy atom. The predicted octanol–water partition coefficient (Wildman–Crippen LogP) is 17.4. The molecule has 0 aliphatic rings. The number of H-pyrrole nitrogens is 1. The van der Waals surface area contributed by atoms with E-state index in [1.807, 2.05) is 88.2 Å². The summed E-state index contributed by atoms with van der Waals surface area (Å²) in [5, 5.41) is 36.7. The molecule has 0 amide bonds. The Kier molecular flexibility index (Phi) is 21.8. The van der Waals surface area contributed by atoms with Gasteiger partial charge in [-0.3, -0.25) is 5.10 Å². The van der Waals surface area contributed by atoms with Crippen LogP contribution in [-0.4, -0.2) is 76.3 Å². The van der Waals surface area contributed by atoms with Crippen LogP contribution in [0.1, 0.15) is 0 Å². The number of rotatable bonds is 16. The summed E-state index contributed by atoms with van der Waals surface area (Å²) in [6, 6.07) is 60.1. The first-order valence-corrected chi connectivity index (χ1v) is 37.3. The molecule has 0 spiro atoms. The molecule has 12 aromatic rings. The van der Waals surface area contributed by atoms with E-state index in [-0.39, 0.29) is 11.1 Å². The molecular weight excluding hydrogens is 1280 g/mol. The normalized spacial score (nSPS) is 11.4. The monoisotopic (exact) mass is 1350 g/mol. The number of halogens is 7. The number of nitrogens with zero attached hydrogens (tertiary/aromatic N) is 5. The first-order valence-electron chi connectivity index (χ1n) is 28.8. The van der Waals surface area contributed by atoms with Crippen LogP contribution in [0.4, 0.5) is 26.3 Å². The molecular formula is C69H66BF6IN6O4Si2. The van der Waals surface area contributed by atoms with Crippen molar-refractivity contribution in [1.29, 1.82) is 0 Å². The van der Waals surface area contributed by atoms with Crippen molar-refractivity contribution in [3.05, 3.63) is 239 Å². The van der Waals surface area contributed by atoms with Crippen molar-refractivity contribution in [2.24, 2.45) is 0 Å². The lowest BCUT2D eigenvalue weighted by Crippen LogP contribution is -2.35. The van der Waals surface area contributed by atoms with Gasteiger partial charge in [0.05, 0.1) is 38.8 Å². The van der Waals surface area contributed by atoms with Gasteiger partial charge in [0.25, 0.3) is 0 Å². The summed E-state index contributed by atoms with van der Waals surface area (Å²) in [6.45, 7) is 16.4. The Hall–Kier alpha value is -7.96. The molecule has 0 atom stereocenters. The minimum absolute atomic E-state index is 0.0189. The Bertz CT molecular complexity index is 4280. The molecule has 20 heteroatoms. The van der Waals surface area contributed by atoms with E-state index in [1.165, 1.54) is 51.4 Å². The van der Waals surface area contributed by atoms with Crippen LogP contribution in [0.5, 0.6) is 0 Å². The van der Waals surface area contributed by atoms with Gasteiger partial charge in [-0.25, -0.2) is 35.7 Å². The third-order valence-corrected chi connectivity index (χ3v) is 18.4. The zero-order chi connectivity index (χ0) is 63.4. The van der Waals surface area contributed by atoms with E-state index >= 15 is 0 Å². The molecule has 9 aromatic carbocycles. The number of fused-ring (bicyclic) bond motifs is 3. The predicted molar refractivity (Wildman–Crippen MR) is 360 cm³/mol. The fraction of sp³-hybridized carbons (Fsp3) is 0.174. The second-order valence-corrected chi connectivity index (χ2v) is 35.9. The summed E-state index contributed by atoms with van der Waals surface area (Å²) >= 11 is 2.35. The van der Waals surface area contributed by atoms with Crippen LogP contribution in [-0.2, 0) is 22.9 Å². The van der Waals surface area contributed by atoms with E-state index in [0.717, 1.165) is 91.9 Å². The Morgan fingerprint density at radius 3 is 1.24 bits per heavy atom. The Labute approximate surface area is 529 Å². The molecule has 456 valence electrons. The second-order valence-electron chi connectivity index (χ2n) is 23.4. The minimum atomic E-state index is -2.10. The summed E-state index contributed by atoms with van der Waals surface area (Å²) in [5.41, 5.74) is 8.63. The van der Waals surface area contributed by atoms with Crippen LogP contribution < -0.4 is 5.46 Å². The summed E-state index contributed by atoms with van der Waals surface area (Å²) in [4.78, 5) is 0. The molecule has 89 heavy (non-hydrogen) atoms. The van der Waals surface area contributed by atoms with Crippen LogP contribution in [0.2, 0.25) is 51.4 Å². The van der Waals surface area contributed by atoms with Gasteiger partial charge >= 0.3 is 7.12 Å². The van der Waals surface area contributed by atoms with Crippen molar-refractivity contribution in [3.63, 3.8) is 0 Å². The van der Waals surface area contributed by atoms with Gasteiger partial charge in [-0.2, -0.15) is 15.3 Å². The third-order valence-electron chi connectivity index (χ3n) is 14.3. The first-order chi connectivity index (χ1) is 42.6. The molecule has 0 radical (unpaired) electrons. The zero-order valence-electron chi connectivity index (χ0n) is 50.0. The SMILES string of the molecule is C[Si](C)(C)CCOCn1nc(-c2ccccc2)c2cc(-c3c(F)cccc3F)ccc21.C[Si](C)(C)CCOCn1nc(-c2ccccc2)c2cc(I)ccc21.Fc1cccc(F)c1-c1ccc2[nH]nc(-c3ccccc3)c2c1.OB(O)c1c(F)cccc1F. The highest BCUT2D eigenvalue weighted by atomic mass is 127. The van der Waals surface area contributed by atoms with Gasteiger partial charge in [0.15, 0.2) is 0 Å². The Balaban J connectivity index is 0.000000148. The maximum atomic E-state index is 14.4. The summed E-state index contributed by atoms with van der Waals surface area (Å²) < 4.78 is 98.8. The molecule has 0 saturated carbocycles. The number of hydrogen-bond donors (Lipinski definition) is 3. The van der Waals surface area contributed by atoms with Gasteiger partial charge < -0.3 is 19.5 Å². The van der Waals surface area contributed by atoms with Crippen LogP contribution in [0.15, 0.2) is 200 Å². The first kappa shape index (κ1) is 65.5. The lowest BCUT2D eigenvalue weighted by molar-refractivity contribution is 0.0818. The molecule has 0 fully saturated rings. The molecule has 3 aromatic heterocycles. The lowest BCUT2D eigenvalue weighted by atomic mass is 9.79. The van der Waals surface area contributed by atoms with Gasteiger partial charge in [-0.15, -0.1) is 0 Å². The second kappa shape index (κ2) is 29.6. The minimum Gasteiger partial charge on any atom is -0.423 e. The number of nitrogens with one attached hydrogen (secondary N) is 1. The number of aromatic nitrogens is 6. The summed E-state index contributed by atoms with van der Waals surface area (Å²) in [7, 11) is -4.34. The average molecular weight is 1350 g/mol. The van der Waals surface area contributed by atoms with E-state index in [9.17, 15) is 26.3 Å². The molecule has 0 bridgehead atoms. The van der Waals surface area contributed by atoms with Crippen LogP contribution in [0, 0.1) is 38.5 Å². The molecule has 0 unspecified atom stereocenters. The lowest BCUT2D eigenvalue weighted by Gasteiger charge is -2.15. The molecule has 3 N–H and O–H groups in total. The number of aromatic amines is 1. The topological polar surface area (TPSA) is 123 Å². The van der Waals surface area contributed by atoms with Crippen molar-refractivity contribution >= 4 is 84.0 Å². The van der Waals surface area contributed by atoms with Crippen LogP contribution >= 0.6 is 22.6 Å². The fourth-order valence-electron chi connectivity index (χ4n) is 9.65. The molecule has 12 rings (SSSR count). The van der Waals surface area contributed by atoms with Crippen LogP contribution in [0.3, 0.4) is 0 Å². The average Bonchev–Trinajstić information content (AvgIpc) is 1.96. The van der Waals surface area contributed by atoms with Gasteiger partial charge in [0, 0.05) is 65.8 Å². The van der Waals surface area contributed by atoms with Crippen molar-refractivity contribution in [2.45, 2.75) is 64.8 Å². The quantitative estimate of drug-likeness (QED) is 0.0381. The van der Waals surface area contributed by atoms with E-state index in [4.69, 9.17) is 29.7 Å². The van der Waals surface area contributed by atoms with Crippen molar-refractivity contribution in [3.8, 4) is 56.0 Å². The highest BCUT2D eigenvalue weighted by molar-refractivity contribution is 14.1. The van der Waals surface area contributed by atoms with Crippen molar-refractivity contribution in [2.75, 3.05) is 13.2 Å². The molecule has 3 heterocycles. The highest BCUT2D eigenvalue weighted by Crippen LogP contribution is 2.36.